The van der Waals surface area contributed by atoms with Crippen LogP contribution >= 0.6 is 0 Å². The van der Waals surface area contributed by atoms with Gasteiger partial charge in [-0.3, -0.25) is 9.58 Å². The standard InChI is InChI=1S/C29H31N5/c1-21-10-11-22(2)25(14-21)19-34-28-15-24(26-16-30-33(4)18-26)12-13-27(28)31-29(34)20-32(3)17-23-8-6-5-7-9-23/h5-16,18H,17,19-20H2,1-4H3. The van der Waals surface area contributed by atoms with Gasteiger partial charge < -0.3 is 4.57 Å². The van der Waals surface area contributed by atoms with Crippen LogP contribution in [-0.4, -0.2) is 31.3 Å². The van der Waals surface area contributed by atoms with E-state index in [1.807, 2.05) is 17.9 Å². The molecule has 0 fully saturated rings. The maximum absolute atomic E-state index is 5.08. The SMILES string of the molecule is Cc1ccc(C)c(Cn2c(CN(C)Cc3ccccc3)nc3ccc(-c4cnn(C)c4)cc32)c1. The minimum Gasteiger partial charge on any atom is -0.322 e. The number of rotatable bonds is 7. The fraction of sp³-hybridized carbons (Fsp3) is 0.241. The summed E-state index contributed by atoms with van der Waals surface area (Å²) in [5, 5.41) is 4.36. The molecule has 0 aliphatic carbocycles. The Morgan fingerprint density at radius 3 is 2.47 bits per heavy atom. The molecule has 34 heavy (non-hydrogen) atoms. The molecular formula is C29H31N5. The first-order valence-corrected chi connectivity index (χ1v) is 11.7. The Bertz CT molecular complexity index is 1430. The van der Waals surface area contributed by atoms with Crippen molar-refractivity contribution in [1.82, 2.24) is 24.2 Å². The lowest BCUT2D eigenvalue weighted by Gasteiger charge is -2.18. The van der Waals surface area contributed by atoms with Crippen LogP contribution in [0.5, 0.6) is 0 Å². The molecule has 0 bridgehead atoms. The topological polar surface area (TPSA) is 38.9 Å². The molecule has 5 aromatic rings. The summed E-state index contributed by atoms with van der Waals surface area (Å²) in [5.41, 5.74) is 9.69. The minimum atomic E-state index is 0.774. The molecule has 0 aliphatic heterocycles. The lowest BCUT2D eigenvalue weighted by Crippen LogP contribution is -2.20. The first-order chi connectivity index (χ1) is 16.5. The van der Waals surface area contributed by atoms with Gasteiger partial charge >= 0.3 is 0 Å². The summed E-state index contributed by atoms with van der Waals surface area (Å²) in [4.78, 5) is 7.41. The van der Waals surface area contributed by atoms with E-state index in [-0.39, 0.29) is 0 Å². The third-order valence-electron chi connectivity index (χ3n) is 6.41. The molecule has 0 spiro atoms. The van der Waals surface area contributed by atoms with Crippen molar-refractivity contribution in [2.45, 2.75) is 33.5 Å². The summed E-state index contributed by atoms with van der Waals surface area (Å²) in [7, 11) is 4.11. The van der Waals surface area contributed by atoms with Crippen molar-refractivity contribution in [3.63, 3.8) is 0 Å². The Balaban J connectivity index is 1.55. The largest absolute Gasteiger partial charge is 0.322 e. The second-order valence-electron chi connectivity index (χ2n) is 9.31. The van der Waals surface area contributed by atoms with Gasteiger partial charge in [-0.05, 0) is 55.3 Å². The number of aryl methyl sites for hydroxylation is 3. The first kappa shape index (κ1) is 22.1. The van der Waals surface area contributed by atoms with Crippen LogP contribution in [-0.2, 0) is 26.7 Å². The van der Waals surface area contributed by atoms with Crippen LogP contribution in [0.15, 0.2) is 79.1 Å². The third-order valence-corrected chi connectivity index (χ3v) is 6.41. The molecule has 0 amide bonds. The number of aromatic nitrogens is 4. The normalized spacial score (nSPS) is 11.6. The highest BCUT2D eigenvalue weighted by atomic mass is 15.2. The third kappa shape index (κ3) is 4.66. The van der Waals surface area contributed by atoms with Crippen LogP contribution in [0.3, 0.4) is 0 Å². The Hall–Kier alpha value is -3.70. The van der Waals surface area contributed by atoms with Gasteiger partial charge in [0.25, 0.3) is 0 Å². The van der Waals surface area contributed by atoms with E-state index in [1.165, 1.54) is 22.3 Å². The Labute approximate surface area is 201 Å². The van der Waals surface area contributed by atoms with Crippen LogP contribution in [0.1, 0.15) is 28.1 Å². The lowest BCUT2D eigenvalue weighted by atomic mass is 10.1. The number of hydrogen-bond donors (Lipinski definition) is 0. The Kier molecular flexibility index (Phi) is 6.03. The minimum absolute atomic E-state index is 0.774. The van der Waals surface area contributed by atoms with Crippen LogP contribution in [0.4, 0.5) is 0 Å². The Morgan fingerprint density at radius 2 is 1.71 bits per heavy atom. The molecule has 5 nitrogen and oxygen atoms in total. The highest BCUT2D eigenvalue weighted by Crippen LogP contribution is 2.27. The van der Waals surface area contributed by atoms with E-state index in [0.717, 1.165) is 47.6 Å². The van der Waals surface area contributed by atoms with E-state index in [4.69, 9.17) is 4.98 Å². The summed E-state index contributed by atoms with van der Waals surface area (Å²) in [6.45, 7) is 6.81. The molecule has 5 heteroatoms. The van der Waals surface area contributed by atoms with Gasteiger partial charge in [0.1, 0.15) is 5.82 Å². The van der Waals surface area contributed by atoms with Crippen molar-refractivity contribution in [1.29, 1.82) is 0 Å². The summed E-state index contributed by atoms with van der Waals surface area (Å²) >= 11 is 0. The van der Waals surface area contributed by atoms with Crippen molar-refractivity contribution in [2.24, 2.45) is 7.05 Å². The highest BCUT2D eigenvalue weighted by molar-refractivity contribution is 5.82. The second kappa shape index (κ2) is 9.27. The number of nitrogens with zero attached hydrogens (tertiary/aromatic N) is 5. The molecule has 172 valence electrons. The zero-order valence-corrected chi connectivity index (χ0v) is 20.4. The average molecular weight is 450 g/mol. The van der Waals surface area contributed by atoms with Gasteiger partial charge in [-0.25, -0.2) is 4.98 Å². The van der Waals surface area contributed by atoms with Crippen LogP contribution in [0.2, 0.25) is 0 Å². The summed E-state index contributed by atoms with van der Waals surface area (Å²) < 4.78 is 4.23. The van der Waals surface area contributed by atoms with Crippen molar-refractivity contribution in [3.05, 3.63) is 107 Å². The molecule has 2 aromatic heterocycles. The maximum Gasteiger partial charge on any atom is 0.124 e. The van der Waals surface area contributed by atoms with E-state index >= 15 is 0 Å². The maximum atomic E-state index is 5.08. The van der Waals surface area contributed by atoms with E-state index in [2.05, 4.69) is 108 Å². The number of hydrogen-bond acceptors (Lipinski definition) is 3. The number of benzene rings is 3. The highest BCUT2D eigenvalue weighted by Gasteiger charge is 2.16. The van der Waals surface area contributed by atoms with Gasteiger partial charge in [0.2, 0.25) is 0 Å². The second-order valence-corrected chi connectivity index (χ2v) is 9.31. The van der Waals surface area contributed by atoms with Gasteiger partial charge in [0.15, 0.2) is 0 Å². The first-order valence-electron chi connectivity index (χ1n) is 11.7. The van der Waals surface area contributed by atoms with Gasteiger partial charge in [-0.1, -0.05) is 60.2 Å². The molecule has 0 saturated carbocycles. The predicted octanol–water partition coefficient (Wildman–Crippen LogP) is 5.73. The molecule has 0 atom stereocenters. The monoisotopic (exact) mass is 449 g/mol. The Morgan fingerprint density at radius 1 is 0.882 bits per heavy atom. The van der Waals surface area contributed by atoms with Gasteiger partial charge in [-0.2, -0.15) is 5.10 Å². The quantitative estimate of drug-likeness (QED) is 0.318. The van der Waals surface area contributed by atoms with Crippen molar-refractivity contribution >= 4 is 11.0 Å². The smallest absolute Gasteiger partial charge is 0.124 e. The molecule has 0 radical (unpaired) electrons. The molecule has 5 rings (SSSR count). The predicted molar refractivity (Wildman–Crippen MR) is 139 cm³/mol. The zero-order valence-electron chi connectivity index (χ0n) is 20.4. The fourth-order valence-electron chi connectivity index (χ4n) is 4.55. The van der Waals surface area contributed by atoms with Gasteiger partial charge in [-0.15, -0.1) is 0 Å². The number of fused-ring (bicyclic) bond motifs is 1. The number of imidazole rings is 1. The van der Waals surface area contributed by atoms with Gasteiger partial charge in [0, 0.05) is 31.9 Å². The van der Waals surface area contributed by atoms with Crippen molar-refractivity contribution in [3.8, 4) is 11.1 Å². The molecule has 0 aliphatic rings. The zero-order chi connectivity index (χ0) is 23.7. The van der Waals surface area contributed by atoms with E-state index in [9.17, 15) is 0 Å². The van der Waals surface area contributed by atoms with E-state index in [1.54, 1.807) is 0 Å². The fourth-order valence-corrected chi connectivity index (χ4v) is 4.55. The molecule has 0 N–H and O–H groups in total. The van der Waals surface area contributed by atoms with Crippen LogP contribution in [0, 0.1) is 13.8 Å². The van der Waals surface area contributed by atoms with Crippen molar-refractivity contribution < 1.29 is 0 Å². The van der Waals surface area contributed by atoms with Crippen LogP contribution in [0.25, 0.3) is 22.2 Å². The molecule has 3 aromatic carbocycles. The molecule has 0 saturated heterocycles. The van der Waals surface area contributed by atoms with E-state index < -0.39 is 0 Å². The average Bonchev–Trinajstić information content (AvgIpc) is 3.40. The van der Waals surface area contributed by atoms with Crippen LogP contribution < -0.4 is 0 Å². The molecule has 2 heterocycles. The summed E-state index contributed by atoms with van der Waals surface area (Å²) in [6, 6.07) is 23.8. The van der Waals surface area contributed by atoms with Gasteiger partial charge in [0.05, 0.1) is 23.8 Å². The molecule has 0 unspecified atom stereocenters. The summed E-state index contributed by atoms with van der Waals surface area (Å²) in [5.74, 6) is 1.08. The van der Waals surface area contributed by atoms with Crippen molar-refractivity contribution in [2.75, 3.05) is 7.05 Å². The summed E-state index contributed by atoms with van der Waals surface area (Å²) in [6.07, 6.45) is 3.97. The van der Waals surface area contributed by atoms with E-state index in [0.29, 0.717) is 0 Å². The lowest BCUT2D eigenvalue weighted by molar-refractivity contribution is 0.306. The molecular weight excluding hydrogens is 418 g/mol.